The first kappa shape index (κ1) is 21.9. The molecule has 2 unspecified atom stereocenters. The number of halogens is 1. The van der Waals surface area contributed by atoms with E-state index in [1.54, 1.807) is 13.8 Å². The van der Waals surface area contributed by atoms with Gasteiger partial charge in [-0.25, -0.2) is 0 Å². The maximum absolute atomic E-state index is 13.1. The average Bonchev–Trinajstić information content (AvgIpc) is 2.74. The number of benzene rings is 3. The van der Waals surface area contributed by atoms with Crippen molar-refractivity contribution in [3.8, 4) is 5.75 Å². The minimum atomic E-state index is -0.989. The fourth-order valence-electron chi connectivity index (χ4n) is 3.47. The Morgan fingerprint density at radius 2 is 1.50 bits per heavy atom. The number of para-hydroxylation sites is 1. The summed E-state index contributed by atoms with van der Waals surface area (Å²) in [6, 6.07) is 27.5. The summed E-state index contributed by atoms with van der Waals surface area (Å²) < 4.78 is 5.95. The van der Waals surface area contributed by atoms with Crippen LogP contribution in [-0.2, 0) is 11.2 Å². The maximum atomic E-state index is 13.1. The molecule has 3 rings (SSSR count). The van der Waals surface area contributed by atoms with Gasteiger partial charge in [-0.1, -0.05) is 72.3 Å². The van der Waals surface area contributed by atoms with Crippen LogP contribution in [0.1, 0.15) is 37.8 Å². The zero-order valence-corrected chi connectivity index (χ0v) is 18.4. The van der Waals surface area contributed by atoms with Crippen molar-refractivity contribution in [3.63, 3.8) is 0 Å². The third-order valence-corrected chi connectivity index (χ3v) is 5.47. The topological polar surface area (TPSA) is 38.3 Å². The van der Waals surface area contributed by atoms with E-state index in [1.807, 2.05) is 79.7 Å². The highest BCUT2D eigenvalue weighted by molar-refractivity contribution is 6.30. The Balaban J connectivity index is 1.76. The van der Waals surface area contributed by atoms with Crippen molar-refractivity contribution in [1.82, 2.24) is 5.32 Å². The summed E-state index contributed by atoms with van der Waals surface area (Å²) in [6.45, 7) is 5.63. The summed E-state index contributed by atoms with van der Waals surface area (Å²) in [5.41, 5.74) is 1.37. The molecule has 0 radical (unpaired) electrons. The molecule has 2 atom stereocenters. The minimum absolute atomic E-state index is 0.0887. The lowest BCUT2D eigenvalue weighted by Crippen LogP contribution is -2.51. The van der Waals surface area contributed by atoms with Crippen molar-refractivity contribution in [2.45, 2.75) is 44.8 Å². The first-order chi connectivity index (χ1) is 14.3. The smallest absolute Gasteiger partial charge is 0.263 e. The Morgan fingerprint density at radius 1 is 0.933 bits per heavy atom. The van der Waals surface area contributed by atoms with Gasteiger partial charge in [-0.2, -0.15) is 0 Å². The molecule has 156 valence electrons. The second-order valence-electron chi connectivity index (χ2n) is 8.04. The zero-order valence-electron chi connectivity index (χ0n) is 17.6. The summed E-state index contributed by atoms with van der Waals surface area (Å²) in [5.74, 6) is 0.644. The molecular weight excluding hydrogens is 394 g/mol. The number of hydrogen-bond donors (Lipinski definition) is 1. The molecule has 1 amide bonds. The van der Waals surface area contributed by atoms with Crippen molar-refractivity contribution in [1.29, 1.82) is 0 Å². The van der Waals surface area contributed by atoms with Gasteiger partial charge in [0, 0.05) is 17.0 Å². The molecule has 30 heavy (non-hydrogen) atoms. The van der Waals surface area contributed by atoms with Gasteiger partial charge >= 0.3 is 0 Å². The van der Waals surface area contributed by atoms with E-state index >= 15 is 0 Å². The summed E-state index contributed by atoms with van der Waals surface area (Å²) in [4.78, 5) is 13.1. The molecule has 3 nitrogen and oxygen atoms in total. The van der Waals surface area contributed by atoms with Crippen molar-refractivity contribution in [3.05, 3.63) is 101 Å². The third-order valence-electron chi connectivity index (χ3n) is 5.22. The van der Waals surface area contributed by atoms with Crippen LogP contribution in [0, 0.1) is 0 Å². The lowest BCUT2D eigenvalue weighted by molar-refractivity contribution is -0.135. The second kappa shape index (κ2) is 9.82. The quantitative estimate of drug-likeness (QED) is 0.482. The van der Waals surface area contributed by atoms with Crippen molar-refractivity contribution < 1.29 is 9.53 Å². The van der Waals surface area contributed by atoms with Gasteiger partial charge in [-0.05, 0) is 62.6 Å². The fourth-order valence-corrected chi connectivity index (χ4v) is 3.59. The predicted octanol–water partition coefficient (Wildman–Crippen LogP) is 6.03. The molecule has 0 aliphatic heterocycles. The Labute approximate surface area is 184 Å². The number of amides is 1. The van der Waals surface area contributed by atoms with E-state index in [0.29, 0.717) is 5.75 Å². The van der Waals surface area contributed by atoms with E-state index in [9.17, 15) is 4.79 Å². The SMILES string of the molecule is CC(NC(=O)C(C)(C)Oc1ccccc1)C(Cc1ccc(Cl)cc1)c1ccccc1. The van der Waals surface area contributed by atoms with Crippen LogP contribution in [0.15, 0.2) is 84.9 Å². The van der Waals surface area contributed by atoms with Crippen LogP contribution in [0.3, 0.4) is 0 Å². The molecule has 3 aromatic rings. The standard InChI is InChI=1S/C26H28ClNO2/c1-19(28-25(29)26(2,3)30-23-12-8-5-9-13-23)24(21-10-6-4-7-11-21)18-20-14-16-22(27)17-15-20/h4-17,19,24H,18H2,1-3H3,(H,28,29). The van der Waals surface area contributed by atoms with Gasteiger partial charge in [-0.3, -0.25) is 4.79 Å². The van der Waals surface area contributed by atoms with E-state index in [4.69, 9.17) is 16.3 Å². The van der Waals surface area contributed by atoms with Crippen LogP contribution >= 0.6 is 11.6 Å². The Kier molecular flexibility index (Phi) is 7.17. The molecule has 0 saturated carbocycles. The van der Waals surface area contributed by atoms with E-state index < -0.39 is 5.60 Å². The van der Waals surface area contributed by atoms with E-state index in [1.165, 1.54) is 11.1 Å². The molecule has 0 fully saturated rings. The highest BCUT2D eigenvalue weighted by Crippen LogP contribution is 2.26. The highest BCUT2D eigenvalue weighted by atomic mass is 35.5. The van der Waals surface area contributed by atoms with Gasteiger partial charge in [0.1, 0.15) is 5.75 Å². The Morgan fingerprint density at radius 3 is 2.10 bits per heavy atom. The fraction of sp³-hybridized carbons (Fsp3) is 0.269. The molecule has 3 aromatic carbocycles. The van der Waals surface area contributed by atoms with E-state index in [0.717, 1.165) is 11.4 Å². The van der Waals surface area contributed by atoms with Crippen LogP contribution < -0.4 is 10.1 Å². The van der Waals surface area contributed by atoms with Crippen LogP contribution in [0.2, 0.25) is 5.02 Å². The average molecular weight is 422 g/mol. The largest absolute Gasteiger partial charge is 0.478 e. The zero-order chi connectivity index (χ0) is 21.6. The molecule has 0 bridgehead atoms. The molecule has 0 aliphatic rings. The Hall–Kier alpha value is -2.78. The summed E-state index contributed by atoms with van der Waals surface area (Å²) in [6.07, 6.45) is 0.794. The minimum Gasteiger partial charge on any atom is -0.478 e. The molecular formula is C26H28ClNO2. The highest BCUT2D eigenvalue weighted by Gasteiger charge is 2.32. The van der Waals surface area contributed by atoms with Gasteiger partial charge in [0.05, 0.1) is 0 Å². The van der Waals surface area contributed by atoms with Gasteiger partial charge in [0.15, 0.2) is 5.60 Å². The monoisotopic (exact) mass is 421 g/mol. The lowest BCUT2D eigenvalue weighted by Gasteiger charge is -2.31. The van der Waals surface area contributed by atoms with Gasteiger partial charge < -0.3 is 10.1 Å². The van der Waals surface area contributed by atoms with Crippen LogP contribution in [0.4, 0.5) is 0 Å². The van der Waals surface area contributed by atoms with Gasteiger partial charge in [0.25, 0.3) is 5.91 Å². The molecule has 1 N–H and O–H groups in total. The lowest BCUT2D eigenvalue weighted by atomic mass is 9.86. The summed E-state index contributed by atoms with van der Waals surface area (Å²) >= 11 is 6.04. The normalized spacial score (nSPS) is 13.3. The van der Waals surface area contributed by atoms with Crippen LogP contribution in [0.5, 0.6) is 5.75 Å². The van der Waals surface area contributed by atoms with Crippen molar-refractivity contribution >= 4 is 17.5 Å². The molecule has 0 spiro atoms. The number of nitrogens with one attached hydrogen (secondary N) is 1. The summed E-state index contributed by atoms with van der Waals surface area (Å²) in [5, 5.41) is 3.90. The number of carbonyl (C=O) groups excluding carboxylic acids is 1. The Bertz CT molecular complexity index is 940. The molecule has 0 saturated heterocycles. The summed E-state index contributed by atoms with van der Waals surface area (Å²) in [7, 11) is 0. The van der Waals surface area contributed by atoms with Crippen LogP contribution in [-0.4, -0.2) is 17.6 Å². The van der Waals surface area contributed by atoms with E-state index in [-0.39, 0.29) is 17.9 Å². The number of rotatable bonds is 8. The second-order valence-corrected chi connectivity index (χ2v) is 8.47. The maximum Gasteiger partial charge on any atom is 0.263 e. The number of carbonyl (C=O) groups is 1. The number of hydrogen-bond acceptors (Lipinski definition) is 2. The first-order valence-corrected chi connectivity index (χ1v) is 10.6. The van der Waals surface area contributed by atoms with Crippen LogP contribution in [0.25, 0.3) is 0 Å². The van der Waals surface area contributed by atoms with Gasteiger partial charge in [0.2, 0.25) is 0 Å². The third kappa shape index (κ3) is 5.87. The van der Waals surface area contributed by atoms with Crippen molar-refractivity contribution in [2.75, 3.05) is 0 Å². The number of ether oxygens (including phenoxy) is 1. The predicted molar refractivity (Wildman–Crippen MR) is 123 cm³/mol. The first-order valence-electron chi connectivity index (χ1n) is 10.2. The molecule has 4 heteroatoms. The van der Waals surface area contributed by atoms with E-state index in [2.05, 4.69) is 17.4 Å². The van der Waals surface area contributed by atoms with Crippen molar-refractivity contribution in [2.24, 2.45) is 0 Å². The molecule has 0 aromatic heterocycles. The molecule has 0 heterocycles. The van der Waals surface area contributed by atoms with Gasteiger partial charge in [-0.15, -0.1) is 0 Å². The molecule has 0 aliphatic carbocycles.